The van der Waals surface area contributed by atoms with E-state index in [1.807, 2.05) is 7.05 Å². The Labute approximate surface area is 118 Å². The van der Waals surface area contributed by atoms with Crippen molar-refractivity contribution in [2.45, 2.75) is 37.8 Å². The molecule has 2 atom stereocenters. The average molecular weight is 280 g/mol. The maximum Gasteiger partial charge on any atom is 0.276 e. The van der Waals surface area contributed by atoms with Gasteiger partial charge in [-0.05, 0) is 26.3 Å². The molecular weight excluding hydrogens is 260 g/mol. The highest BCUT2D eigenvalue weighted by molar-refractivity contribution is 5.46. The first kappa shape index (κ1) is 14.6. The number of likely N-dealkylation sites (N-methyl/N-ethyl adjacent to an activating group) is 1. The van der Waals surface area contributed by atoms with Crippen LogP contribution in [-0.2, 0) is 0 Å². The predicted octanol–water partition coefficient (Wildman–Crippen LogP) is 2.51. The van der Waals surface area contributed by atoms with Gasteiger partial charge in [-0.15, -0.1) is 0 Å². The average Bonchev–Trinajstić information content (AvgIpc) is 2.47. The van der Waals surface area contributed by atoms with Crippen molar-refractivity contribution in [1.29, 1.82) is 0 Å². The predicted molar refractivity (Wildman–Crippen MR) is 75.4 cm³/mol. The van der Waals surface area contributed by atoms with Gasteiger partial charge in [0, 0.05) is 12.1 Å². The lowest BCUT2D eigenvalue weighted by molar-refractivity contribution is -0.385. The molecule has 1 fully saturated rings. The second-order valence-corrected chi connectivity index (χ2v) is 4.96. The molecule has 0 spiro atoms. The Morgan fingerprint density at radius 2 is 1.95 bits per heavy atom. The zero-order valence-corrected chi connectivity index (χ0v) is 11.8. The van der Waals surface area contributed by atoms with E-state index in [4.69, 9.17) is 9.47 Å². The van der Waals surface area contributed by atoms with Gasteiger partial charge in [0.05, 0.1) is 24.2 Å². The summed E-state index contributed by atoms with van der Waals surface area (Å²) in [5, 5.41) is 14.2. The highest BCUT2D eigenvalue weighted by atomic mass is 16.6. The maximum absolute atomic E-state index is 10.9. The van der Waals surface area contributed by atoms with Crippen LogP contribution in [0.3, 0.4) is 0 Å². The van der Waals surface area contributed by atoms with E-state index in [1.165, 1.54) is 25.7 Å². The molecule has 0 aliphatic heterocycles. The van der Waals surface area contributed by atoms with E-state index < -0.39 is 4.92 Å². The van der Waals surface area contributed by atoms with Gasteiger partial charge in [-0.25, -0.2) is 0 Å². The van der Waals surface area contributed by atoms with Crippen molar-refractivity contribution in [3.05, 3.63) is 28.3 Å². The summed E-state index contributed by atoms with van der Waals surface area (Å²) in [7, 11) is 3.40. The molecule has 6 heteroatoms. The first-order chi connectivity index (χ1) is 9.63. The Kier molecular flexibility index (Phi) is 4.79. The van der Waals surface area contributed by atoms with Crippen molar-refractivity contribution in [3.8, 4) is 11.5 Å². The molecule has 0 amide bonds. The number of nitrogens with one attached hydrogen (secondary N) is 1. The number of nitro benzene ring substituents is 1. The first-order valence-corrected chi connectivity index (χ1v) is 6.81. The summed E-state index contributed by atoms with van der Waals surface area (Å²) in [5.74, 6) is 0.925. The first-order valence-electron chi connectivity index (χ1n) is 6.81. The van der Waals surface area contributed by atoms with Crippen LogP contribution in [0.2, 0.25) is 0 Å². The van der Waals surface area contributed by atoms with Crippen LogP contribution in [0, 0.1) is 10.1 Å². The Balaban J connectivity index is 2.18. The van der Waals surface area contributed by atoms with E-state index in [0.29, 0.717) is 11.5 Å². The van der Waals surface area contributed by atoms with E-state index >= 15 is 0 Å². The molecule has 1 aromatic rings. The minimum atomic E-state index is -0.439. The number of hydrogen-bond donors (Lipinski definition) is 1. The number of benzene rings is 1. The van der Waals surface area contributed by atoms with Crippen molar-refractivity contribution in [1.82, 2.24) is 5.32 Å². The second kappa shape index (κ2) is 6.56. The van der Waals surface area contributed by atoms with Gasteiger partial charge in [0.2, 0.25) is 0 Å². The van der Waals surface area contributed by atoms with Crippen molar-refractivity contribution >= 4 is 5.69 Å². The number of hydrogen-bond acceptors (Lipinski definition) is 5. The minimum Gasteiger partial charge on any atom is -0.496 e. The Hall–Kier alpha value is -1.82. The Morgan fingerprint density at radius 1 is 1.25 bits per heavy atom. The summed E-state index contributed by atoms with van der Waals surface area (Å²) in [6.45, 7) is 0. The van der Waals surface area contributed by atoms with Gasteiger partial charge in [0.15, 0.2) is 0 Å². The fourth-order valence-electron chi connectivity index (χ4n) is 2.59. The third kappa shape index (κ3) is 3.39. The van der Waals surface area contributed by atoms with E-state index in [-0.39, 0.29) is 17.8 Å². The van der Waals surface area contributed by atoms with E-state index in [0.717, 1.165) is 19.3 Å². The van der Waals surface area contributed by atoms with Gasteiger partial charge in [-0.1, -0.05) is 6.42 Å². The molecular formula is C14H20N2O4. The van der Waals surface area contributed by atoms with Crippen LogP contribution in [0.1, 0.15) is 25.7 Å². The van der Waals surface area contributed by atoms with Gasteiger partial charge in [-0.3, -0.25) is 10.1 Å². The van der Waals surface area contributed by atoms with Gasteiger partial charge in [0.25, 0.3) is 5.69 Å². The molecule has 110 valence electrons. The summed E-state index contributed by atoms with van der Waals surface area (Å²) in [6.07, 6.45) is 4.36. The topological polar surface area (TPSA) is 73.6 Å². The molecule has 0 bridgehead atoms. The second-order valence-electron chi connectivity index (χ2n) is 4.96. The van der Waals surface area contributed by atoms with Crippen LogP contribution in [0.5, 0.6) is 11.5 Å². The minimum absolute atomic E-state index is 0.0174. The molecule has 20 heavy (non-hydrogen) atoms. The van der Waals surface area contributed by atoms with Crippen LogP contribution in [0.15, 0.2) is 18.2 Å². The zero-order chi connectivity index (χ0) is 14.5. The molecule has 1 aliphatic rings. The fraction of sp³-hybridized carbons (Fsp3) is 0.571. The van der Waals surface area contributed by atoms with E-state index in [2.05, 4.69) is 5.32 Å². The molecule has 1 N–H and O–H groups in total. The van der Waals surface area contributed by atoms with Gasteiger partial charge >= 0.3 is 0 Å². The van der Waals surface area contributed by atoms with Gasteiger partial charge in [0.1, 0.15) is 17.6 Å². The lowest BCUT2D eigenvalue weighted by atomic mass is 9.92. The highest BCUT2D eigenvalue weighted by Crippen LogP contribution is 2.30. The van der Waals surface area contributed by atoms with Gasteiger partial charge in [-0.2, -0.15) is 0 Å². The molecule has 1 aromatic carbocycles. The molecule has 2 rings (SSSR count). The molecule has 0 radical (unpaired) electrons. The molecule has 0 saturated heterocycles. The standard InChI is InChI=1S/C14H20N2O4/c1-15-13-5-3-4-6-14(13)20-12-8-10(16(17)18)7-11(9-12)19-2/h7-9,13-15H,3-6H2,1-2H3. The quantitative estimate of drug-likeness (QED) is 0.662. The van der Waals surface area contributed by atoms with Crippen LogP contribution >= 0.6 is 0 Å². The SMILES string of the molecule is CNC1CCCCC1Oc1cc(OC)cc([N+](=O)[O-])c1. The van der Waals surface area contributed by atoms with Crippen LogP contribution in [0.4, 0.5) is 5.69 Å². The van der Waals surface area contributed by atoms with Crippen molar-refractivity contribution < 1.29 is 14.4 Å². The molecule has 0 aromatic heterocycles. The maximum atomic E-state index is 10.9. The lowest BCUT2D eigenvalue weighted by Gasteiger charge is -2.31. The summed E-state index contributed by atoms with van der Waals surface area (Å²) in [4.78, 5) is 10.5. The van der Waals surface area contributed by atoms with Gasteiger partial charge < -0.3 is 14.8 Å². The number of rotatable bonds is 5. The fourth-order valence-corrected chi connectivity index (χ4v) is 2.59. The number of non-ortho nitro benzene ring substituents is 1. The summed E-state index contributed by atoms with van der Waals surface area (Å²) < 4.78 is 11.0. The highest BCUT2D eigenvalue weighted by Gasteiger charge is 2.26. The van der Waals surface area contributed by atoms with Crippen molar-refractivity contribution in [2.24, 2.45) is 0 Å². The monoisotopic (exact) mass is 280 g/mol. The largest absolute Gasteiger partial charge is 0.496 e. The normalized spacial score (nSPS) is 22.3. The number of nitro groups is 1. The van der Waals surface area contributed by atoms with Crippen molar-refractivity contribution in [2.75, 3.05) is 14.2 Å². The lowest BCUT2D eigenvalue weighted by Crippen LogP contribution is -2.43. The van der Waals surface area contributed by atoms with Crippen LogP contribution in [0.25, 0.3) is 0 Å². The number of ether oxygens (including phenoxy) is 2. The third-order valence-electron chi connectivity index (χ3n) is 3.67. The Bertz CT molecular complexity index is 478. The number of nitrogens with zero attached hydrogens (tertiary/aromatic N) is 1. The third-order valence-corrected chi connectivity index (χ3v) is 3.67. The Morgan fingerprint density at radius 3 is 2.60 bits per heavy atom. The van der Waals surface area contributed by atoms with Crippen LogP contribution < -0.4 is 14.8 Å². The van der Waals surface area contributed by atoms with Crippen molar-refractivity contribution in [3.63, 3.8) is 0 Å². The molecule has 1 aliphatic carbocycles. The molecule has 1 saturated carbocycles. The summed E-state index contributed by atoms with van der Waals surface area (Å²) in [5.41, 5.74) is -0.0174. The molecule has 2 unspecified atom stereocenters. The molecule has 0 heterocycles. The zero-order valence-electron chi connectivity index (χ0n) is 11.8. The smallest absolute Gasteiger partial charge is 0.276 e. The summed E-state index contributed by atoms with van der Waals surface area (Å²) in [6, 6.07) is 4.82. The number of methoxy groups -OCH3 is 1. The molecule has 6 nitrogen and oxygen atoms in total. The van der Waals surface area contributed by atoms with E-state index in [9.17, 15) is 10.1 Å². The van der Waals surface area contributed by atoms with Crippen LogP contribution in [-0.4, -0.2) is 31.2 Å². The summed E-state index contributed by atoms with van der Waals surface area (Å²) >= 11 is 0. The van der Waals surface area contributed by atoms with E-state index in [1.54, 1.807) is 6.07 Å².